The summed E-state index contributed by atoms with van der Waals surface area (Å²) in [5, 5.41) is 7.77. The van der Waals surface area contributed by atoms with Crippen LogP contribution in [0.25, 0.3) is 5.69 Å². The maximum atomic E-state index is 12.9. The number of hydrogen-bond acceptors (Lipinski definition) is 6. The molecule has 2 aromatic heterocycles. The van der Waals surface area contributed by atoms with Gasteiger partial charge in [0.1, 0.15) is 5.60 Å². The number of aromatic nitrogens is 4. The molecule has 8 heteroatoms. The van der Waals surface area contributed by atoms with E-state index in [2.05, 4.69) is 33.6 Å². The first kappa shape index (κ1) is 18.7. The summed E-state index contributed by atoms with van der Waals surface area (Å²) in [5.74, 6) is 0.458. The minimum absolute atomic E-state index is 0.0432. The van der Waals surface area contributed by atoms with E-state index in [0.29, 0.717) is 31.2 Å². The molecule has 0 unspecified atom stereocenters. The second-order valence-electron chi connectivity index (χ2n) is 7.71. The van der Waals surface area contributed by atoms with E-state index in [9.17, 15) is 4.79 Å². The number of likely N-dealkylation sites (tertiary alicyclic amines) is 1. The van der Waals surface area contributed by atoms with Crippen LogP contribution in [0.2, 0.25) is 0 Å². The Morgan fingerprint density at radius 2 is 1.87 bits per heavy atom. The van der Waals surface area contributed by atoms with Crippen LogP contribution in [0.5, 0.6) is 0 Å². The molecule has 0 bridgehead atoms. The number of benzene rings is 1. The normalized spacial score (nSPS) is 17.6. The number of ether oxygens (including phenoxy) is 1. The van der Waals surface area contributed by atoms with Crippen LogP contribution < -0.4 is 5.32 Å². The van der Waals surface area contributed by atoms with Gasteiger partial charge in [0.25, 0.3) is 5.91 Å². The molecule has 154 valence electrons. The smallest absolute Gasteiger partial charge is 0.256 e. The van der Waals surface area contributed by atoms with Crippen LogP contribution in [0.15, 0.2) is 48.9 Å². The molecule has 1 amide bonds. The van der Waals surface area contributed by atoms with Gasteiger partial charge in [-0.05, 0) is 37.0 Å². The minimum atomic E-state index is -0.420. The third-order valence-corrected chi connectivity index (χ3v) is 5.97. The Morgan fingerprint density at radius 3 is 2.57 bits per heavy atom. The molecule has 1 fully saturated rings. The van der Waals surface area contributed by atoms with Gasteiger partial charge in [0.2, 0.25) is 5.95 Å². The number of para-hydroxylation sites is 1. The number of hydrogen-bond donors (Lipinski definition) is 1. The number of nitrogens with one attached hydrogen (secondary N) is 1. The molecular formula is C22H24N6O2. The van der Waals surface area contributed by atoms with Crippen molar-refractivity contribution in [2.45, 2.75) is 24.9 Å². The Bertz CT molecular complexity index is 1040. The van der Waals surface area contributed by atoms with Gasteiger partial charge in [-0.1, -0.05) is 18.2 Å². The predicted molar refractivity (Wildman–Crippen MR) is 112 cm³/mol. The summed E-state index contributed by atoms with van der Waals surface area (Å²) in [5.41, 5.74) is 3.38. The molecule has 1 spiro atoms. The number of carbonyl (C=O) groups is 1. The van der Waals surface area contributed by atoms with Gasteiger partial charge in [-0.3, -0.25) is 4.79 Å². The number of amides is 1. The lowest BCUT2D eigenvalue weighted by Crippen LogP contribution is -2.48. The number of anilines is 1. The lowest BCUT2D eigenvalue weighted by molar-refractivity contribution is -0.0963. The summed E-state index contributed by atoms with van der Waals surface area (Å²) in [6.45, 7) is 1.91. The van der Waals surface area contributed by atoms with Crippen molar-refractivity contribution in [1.29, 1.82) is 0 Å². The number of fused-ring (bicyclic) bond motifs is 2. The second-order valence-corrected chi connectivity index (χ2v) is 7.71. The molecule has 30 heavy (non-hydrogen) atoms. The first-order chi connectivity index (χ1) is 14.7. The molecule has 3 aromatic rings. The van der Waals surface area contributed by atoms with E-state index in [1.54, 1.807) is 19.4 Å². The van der Waals surface area contributed by atoms with E-state index in [1.807, 2.05) is 27.8 Å². The number of piperidine rings is 1. The van der Waals surface area contributed by atoms with E-state index in [4.69, 9.17) is 9.84 Å². The molecule has 5 rings (SSSR count). The van der Waals surface area contributed by atoms with E-state index in [-0.39, 0.29) is 5.91 Å². The van der Waals surface area contributed by atoms with Gasteiger partial charge in [-0.25, -0.2) is 14.6 Å². The third-order valence-electron chi connectivity index (χ3n) is 5.97. The predicted octanol–water partition coefficient (Wildman–Crippen LogP) is 2.41. The molecular weight excluding hydrogens is 380 g/mol. The van der Waals surface area contributed by atoms with Crippen LogP contribution >= 0.6 is 0 Å². The van der Waals surface area contributed by atoms with Crippen molar-refractivity contribution >= 4 is 11.9 Å². The summed E-state index contributed by atoms with van der Waals surface area (Å²) in [6, 6.07) is 10.1. The number of carbonyl (C=O) groups excluding carboxylic acids is 1. The highest BCUT2D eigenvalue weighted by Crippen LogP contribution is 2.41. The van der Waals surface area contributed by atoms with Crippen molar-refractivity contribution in [3.05, 3.63) is 65.7 Å². The molecule has 2 aliphatic heterocycles. The maximum Gasteiger partial charge on any atom is 0.256 e. The lowest BCUT2D eigenvalue weighted by atomic mass is 9.83. The molecule has 8 nitrogen and oxygen atoms in total. The van der Waals surface area contributed by atoms with Gasteiger partial charge in [0, 0.05) is 38.7 Å². The summed E-state index contributed by atoms with van der Waals surface area (Å²) >= 11 is 0. The molecule has 1 aromatic carbocycles. The first-order valence-electron chi connectivity index (χ1n) is 10.3. The molecule has 4 heterocycles. The van der Waals surface area contributed by atoms with Gasteiger partial charge >= 0.3 is 0 Å². The van der Waals surface area contributed by atoms with E-state index in [0.717, 1.165) is 30.6 Å². The van der Waals surface area contributed by atoms with Crippen molar-refractivity contribution in [1.82, 2.24) is 24.6 Å². The highest BCUT2D eigenvalue weighted by Gasteiger charge is 2.44. The molecule has 0 radical (unpaired) electrons. The summed E-state index contributed by atoms with van der Waals surface area (Å²) in [7, 11) is 1.75. The Labute approximate surface area is 174 Å². The quantitative estimate of drug-likeness (QED) is 0.722. The Kier molecular flexibility index (Phi) is 4.71. The van der Waals surface area contributed by atoms with E-state index in [1.165, 1.54) is 5.56 Å². The largest absolute Gasteiger partial charge is 0.368 e. The number of nitrogens with zero attached hydrogens (tertiary/aromatic N) is 5. The van der Waals surface area contributed by atoms with Crippen molar-refractivity contribution in [2.75, 3.05) is 32.1 Å². The molecule has 2 aliphatic rings. The SMILES string of the molecule is CNc1ncc(C(=O)N2CCC3(CC2)OCCc2cn(-c4ccccc4)nc23)cn1. The standard InChI is InChI=1S/C22H24N6O2/c1-23-21-24-13-17(14-25-21)20(29)27-10-8-22(9-11-27)19-16(7-12-30-22)15-28(26-19)18-5-3-2-4-6-18/h2-6,13-15H,7-12H2,1H3,(H,23,24,25). The van der Waals surface area contributed by atoms with Crippen LogP contribution in [-0.2, 0) is 16.8 Å². The Hall–Kier alpha value is -3.26. The lowest BCUT2D eigenvalue weighted by Gasteiger charge is -2.43. The average molecular weight is 404 g/mol. The molecule has 0 atom stereocenters. The van der Waals surface area contributed by atoms with E-state index < -0.39 is 5.60 Å². The highest BCUT2D eigenvalue weighted by atomic mass is 16.5. The van der Waals surface area contributed by atoms with Crippen LogP contribution in [-0.4, -0.2) is 57.3 Å². The zero-order valence-electron chi connectivity index (χ0n) is 16.9. The summed E-state index contributed by atoms with van der Waals surface area (Å²) in [6.07, 6.45) is 7.58. The van der Waals surface area contributed by atoms with Crippen molar-refractivity contribution < 1.29 is 9.53 Å². The average Bonchev–Trinajstić information content (AvgIpc) is 3.26. The fourth-order valence-corrected chi connectivity index (χ4v) is 4.32. The molecule has 0 aliphatic carbocycles. The van der Waals surface area contributed by atoms with Crippen molar-refractivity contribution in [2.24, 2.45) is 0 Å². The fraction of sp³-hybridized carbons (Fsp3) is 0.364. The highest BCUT2D eigenvalue weighted by molar-refractivity contribution is 5.93. The molecule has 1 N–H and O–H groups in total. The van der Waals surface area contributed by atoms with Gasteiger partial charge in [0.05, 0.1) is 23.6 Å². The van der Waals surface area contributed by atoms with Gasteiger partial charge < -0.3 is 15.0 Å². The second kappa shape index (κ2) is 7.53. The van der Waals surface area contributed by atoms with E-state index >= 15 is 0 Å². The van der Waals surface area contributed by atoms with Crippen LogP contribution in [0.4, 0.5) is 5.95 Å². The van der Waals surface area contributed by atoms with Gasteiger partial charge in [0.15, 0.2) is 0 Å². The zero-order valence-corrected chi connectivity index (χ0v) is 16.9. The Morgan fingerprint density at radius 1 is 1.13 bits per heavy atom. The Balaban J connectivity index is 1.35. The first-order valence-corrected chi connectivity index (χ1v) is 10.3. The monoisotopic (exact) mass is 404 g/mol. The topological polar surface area (TPSA) is 85.2 Å². The zero-order chi connectivity index (χ0) is 20.6. The van der Waals surface area contributed by atoms with Gasteiger partial charge in [-0.15, -0.1) is 0 Å². The minimum Gasteiger partial charge on any atom is -0.368 e. The van der Waals surface area contributed by atoms with Gasteiger partial charge in [-0.2, -0.15) is 5.10 Å². The van der Waals surface area contributed by atoms with Crippen molar-refractivity contribution in [3.8, 4) is 5.69 Å². The molecule has 0 saturated carbocycles. The maximum absolute atomic E-state index is 12.9. The van der Waals surface area contributed by atoms with Crippen molar-refractivity contribution in [3.63, 3.8) is 0 Å². The summed E-state index contributed by atoms with van der Waals surface area (Å²) in [4.78, 5) is 23.0. The van der Waals surface area contributed by atoms with Crippen LogP contribution in [0, 0.1) is 0 Å². The fourth-order valence-electron chi connectivity index (χ4n) is 4.32. The summed E-state index contributed by atoms with van der Waals surface area (Å²) < 4.78 is 8.24. The number of rotatable bonds is 3. The third kappa shape index (κ3) is 3.23. The molecule has 1 saturated heterocycles. The van der Waals surface area contributed by atoms with Crippen LogP contribution in [0.3, 0.4) is 0 Å². The van der Waals surface area contributed by atoms with Crippen LogP contribution in [0.1, 0.15) is 34.5 Å².